The van der Waals surface area contributed by atoms with Gasteiger partial charge in [-0.25, -0.2) is 9.37 Å². The van der Waals surface area contributed by atoms with Crippen molar-refractivity contribution in [1.29, 1.82) is 0 Å². The predicted octanol–water partition coefficient (Wildman–Crippen LogP) is 3.30. The normalized spacial score (nSPS) is 10.8. The van der Waals surface area contributed by atoms with Gasteiger partial charge in [-0.05, 0) is 36.2 Å². The van der Waals surface area contributed by atoms with Gasteiger partial charge in [0.15, 0.2) is 0 Å². The summed E-state index contributed by atoms with van der Waals surface area (Å²) in [4.78, 5) is 18.3. The molecule has 4 heteroatoms. The Kier molecular flexibility index (Phi) is 3.29. The highest BCUT2D eigenvalue weighted by Crippen LogP contribution is 2.15. The number of carbonyl (C=O) groups excluding carboxylic acids is 1. The quantitative estimate of drug-likeness (QED) is 0.738. The van der Waals surface area contributed by atoms with Crippen molar-refractivity contribution in [2.45, 2.75) is 12.8 Å². The molecule has 2 aromatic carbocycles. The molecule has 0 bridgehead atoms. The summed E-state index contributed by atoms with van der Waals surface area (Å²) in [6.07, 6.45) is 2.03. The van der Waals surface area contributed by atoms with Crippen molar-refractivity contribution in [1.82, 2.24) is 9.97 Å². The van der Waals surface area contributed by atoms with Gasteiger partial charge in [-0.3, -0.25) is 4.79 Å². The summed E-state index contributed by atoms with van der Waals surface area (Å²) < 4.78 is 13.5. The number of aldehydes is 1. The second-order valence-electron chi connectivity index (χ2n) is 4.67. The minimum atomic E-state index is -0.188. The molecule has 1 N–H and O–H groups in total. The lowest BCUT2D eigenvalue weighted by Crippen LogP contribution is -1.96. The van der Waals surface area contributed by atoms with Crippen molar-refractivity contribution in [3.05, 3.63) is 65.2 Å². The largest absolute Gasteiger partial charge is 0.342 e. The Balaban J connectivity index is 1.81. The van der Waals surface area contributed by atoms with Crippen LogP contribution >= 0.6 is 0 Å². The van der Waals surface area contributed by atoms with Gasteiger partial charge in [-0.2, -0.15) is 0 Å². The average Bonchev–Trinajstić information content (AvgIpc) is 2.88. The van der Waals surface area contributed by atoms with E-state index in [1.807, 2.05) is 12.1 Å². The second kappa shape index (κ2) is 5.25. The standard InChI is InChI=1S/C16H13FN2O/c17-13-4-2-1-3-12(13)6-8-16-18-14-7-5-11(10-20)9-15(14)19-16/h1-5,7,9-10H,6,8H2,(H,18,19). The van der Waals surface area contributed by atoms with Crippen molar-refractivity contribution in [3.8, 4) is 0 Å². The van der Waals surface area contributed by atoms with Gasteiger partial charge >= 0.3 is 0 Å². The summed E-state index contributed by atoms with van der Waals surface area (Å²) in [6, 6.07) is 12.1. The summed E-state index contributed by atoms with van der Waals surface area (Å²) in [5.41, 5.74) is 2.95. The number of aromatic amines is 1. The number of H-pyrrole nitrogens is 1. The highest BCUT2D eigenvalue weighted by atomic mass is 19.1. The number of aromatic nitrogens is 2. The van der Waals surface area contributed by atoms with E-state index in [-0.39, 0.29) is 5.82 Å². The highest BCUT2D eigenvalue weighted by molar-refractivity contribution is 5.84. The first kappa shape index (κ1) is 12.5. The Morgan fingerprint density at radius 1 is 1.15 bits per heavy atom. The number of nitrogens with zero attached hydrogens (tertiary/aromatic N) is 1. The molecule has 0 saturated heterocycles. The van der Waals surface area contributed by atoms with Crippen molar-refractivity contribution in [2.75, 3.05) is 0 Å². The molecule has 0 aliphatic carbocycles. The second-order valence-corrected chi connectivity index (χ2v) is 4.67. The number of hydrogen-bond donors (Lipinski definition) is 1. The first-order chi connectivity index (χ1) is 9.76. The van der Waals surface area contributed by atoms with Gasteiger partial charge in [0.25, 0.3) is 0 Å². The summed E-state index contributed by atoms with van der Waals surface area (Å²) in [5.74, 6) is 0.609. The lowest BCUT2D eigenvalue weighted by molar-refractivity contribution is 0.112. The van der Waals surface area contributed by atoms with Gasteiger partial charge in [0.05, 0.1) is 11.0 Å². The summed E-state index contributed by atoms with van der Waals surface area (Å²) in [5, 5.41) is 0. The fraction of sp³-hybridized carbons (Fsp3) is 0.125. The smallest absolute Gasteiger partial charge is 0.150 e. The zero-order chi connectivity index (χ0) is 13.9. The summed E-state index contributed by atoms with van der Waals surface area (Å²) in [6.45, 7) is 0. The molecule has 3 aromatic rings. The van der Waals surface area contributed by atoms with Gasteiger partial charge in [0, 0.05) is 12.0 Å². The van der Waals surface area contributed by atoms with Crippen molar-refractivity contribution >= 4 is 17.3 Å². The third kappa shape index (κ3) is 2.45. The van der Waals surface area contributed by atoms with Crippen LogP contribution in [0.5, 0.6) is 0 Å². The van der Waals surface area contributed by atoms with Crippen molar-refractivity contribution in [2.24, 2.45) is 0 Å². The van der Waals surface area contributed by atoms with Crippen LogP contribution in [0.2, 0.25) is 0 Å². The maximum atomic E-state index is 13.5. The number of aryl methyl sites for hydroxylation is 2. The maximum Gasteiger partial charge on any atom is 0.150 e. The number of benzene rings is 2. The molecule has 0 aliphatic heterocycles. The highest BCUT2D eigenvalue weighted by Gasteiger charge is 2.06. The molecule has 100 valence electrons. The number of imidazole rings is 1. The molecular weight excluding hydrogens is 255 g/mol. The van der Waals surface area contributed by atoms with E-state index in [1.54, 1.807) is 24.3 Å². The fourth-order valence-electron chi connectivity index (χ4n) is 2.23. The van der Waals surface area contributed by atoms with Crippen molar-refractivity contribution in [3.63, 3.8) is 0 Å². The van der Waals surface area contributed by atoms with Crippen LogP contribution in [0.25, 0.3) is 11.0 Å². The third-order valence-electron chi connectivity index (χ3n) is 3.28. The molecular formula is C16H13FN2O. The Bertz CT molecular complexity index is 764. The van der Waals surface area contributed by atoms with E-state index in [4.69, 9.17) is 0 Å². The molecule has 0 amide bonds. The molecule has 0 atom stereocenters. The van der Waals surface area contributed by atoms with E-state index in [9.17, 15) is 9.18 Å². The van der Waals surface area contributed by atoms with Crippen LogP contribution in [0.1, 0.15) is 21.7 Å². The van der Waals surface area contributed by atoms with Gasteiger partial charge in [-0.15, -0.1) is 0 Å². The van der Waals surface area contributed by atoms with E-state index in [2.05, 4.69) is 9.97 Å². The lowest BCUT2D eigenvalue weighted by Gasteiger charge is -2.00. The first-order valence-electron chi connectivity index (χ1n) is 6.43. The van der Waals surface area contributed by atoms with E-state index >= 15 is 0 Å². The van der Waals surface area contributed by atoms with Crippen LogP contribution in [0.15, 0.2) is 42.5 Å². The van der Waals surface area contributed by atoms with Gasteiger partial charge in [0.2, 0.25) is 0 Å². The number of fused-ring (bicyclic) bond motifs is 1. The lowest BCUT2D eigenvalue weighted by atomic mass is 10.1. The van der Waals surface area contributed by atoms with Crippen LogP contribution in [-0.4, -0.2) is 16.3 Å². The predicted molar refractivity (Wildman–Crippen MR) is 75.3 cm³/mol. The van der Waals surface area contributed by atoms with Crippen LogP contribution in [0.3, 0.4) is 0 Å². The number of carbonyl (C=O) groups is 1. The SMILES string of the molecule is O=Cc1ccc2nc(CCc3ccccc3F)[nH]c2c1. The minimum Gasteiger partial charge on any atom is -0.342 e. The Labute approximate surface area is 115 Å². The van der Waals surface area contributed by atoms with Crippen LogP contribution in [0.4, 0.5) is 4.39 Å². The summed E-state index contributed by atoms with van der Waals surface area (Å²) in [7, 11) is 0. The Hall–Kier alpha value is -2.49. The minimum absolute atomic E-state index is 0.188. The number of nitrogens with one attached hydrogen (secondary N) is 1. The van der Waals surface area contributed by atoms with Crippen molar-refractivity contribution < 1.29 is 9.18 Å². The number of hydrogen-bond acceptors (Lipinski definition) is 2. The molecule has 0 saturated carbocycles. The third-order valence-corrected chi connectivity index (χ3v) is 3.28. The van der Waals surface area contributed by atoms with Gasteiger partial charge < -0.3 is 4.98 Å². The molecule has 0 aliphatic rings. The zero-order valence-corrected chi connectivity index (χ0v) is 10.8. The molecule has 0 radical (unpaired) electrons. The van der Waals surface area contributed by atoms with Crippen LogP contribution in [0, 0.1) is 5.82 Å². The molecule has 3 rings (SSSR count). The molecule has 0 spiro atoms. The molecule has 1 aromatic heterocycles. The molecule has 1 heterocycles. The van der Waals surface area contributed by atoms with Gasteiger partial charge in [-0.1, -0.05) is 18.2 Å². The molecule has 0 unspecified atom stereocenters. The number of rotatable bonds is 4. The fourth-order valence-corrected chi connectivity index (χ4v) is 2.23. The number of halogens is 1. The van der Waals surface area contributed by atoms with E-state index in [1.165, 1.54) is 6.07 Å². The van der Waals surface area contributed by atoms with Crippen LogP contribution < -0.4 is 0 Å². The molecule has 20 heavy (non-hydrogen) atoms. The first-order valence-corrected chi connectivity index (χ1v) is 6.43. The van der Waals surface area contributed by atoms with E-state index in [0.29, 0.717) is 24.0 Å². The topological polar surface area (TPSA) is 45.8 Å². The Morgan fingerprint density at radius 2 is 2.00 bits per heavy atom. The Morgan fingerprint density at radius 3 is 2.80 bits per heavy atom. The molecule has 3 nitrogen and oxygen atoms in total. The van der Waals surface area contributed by atoms with Crippen LogP contribution in [-0.2, 0) is 12.8 Å². The van der Waals surface area contributed by atoms with Gasteiger partial charge in [0.1, 0.15) is 17.9 Å². The van der Waals surface area contributed by atoms with E-state index < -0.39 is 0 Å². The zero-order valence-electron chi connectivity index (χ0n) is 10.8. The summed E-state index contributed by atoms with van der Waals surface area (Å²) >= 11 is 0. The van der Waals surface area contributed by atoms with E-state index in [0.717, 1.165) is 23.1 Å². The monoisotopic (exact) mass is 268 g/mol. The average molecular weight is 268 g/mol. The molecule has 0 fully saturated rings. The maximum absolute atomic E-state index is 13.5.